The highest BCUT2D eigenvalue weighted by Crippen LogP contribution is 2.12. The molecule has 2 unspecified atom stereocenters. The molecule has 0 aliphatic carbocycles. The van der Waals surface area contributed by atoms with Gasteiger partial charge in [-0.3, -0.25) is 4.90 Å². The van der Waals surface area contributed by atoms with Crippen molar-refractivity contribution in [1.82, 2.24) is 4.90 Å². The number of hydrogen-bond acceptors (Lipinski definition) is 3. The van der Waals surface area contributed by atoms with Crippen LogP contribution in [-0.4, -0.2) is 46.5 Å². The van der Waals surface area contributed by atoms with Crippen LogP contribution in [0.1, 0.15) is 13.8 Å². The van der Waals surface area contributed by atoms with Gasteiger partial charge in [0.2, 0.25) is 0 Å². The van der Waals surface area contributed by atoms with Crippen LogP contribution in [0.15, 0.2) is 0 Å². The minimum Gasteiger partial charge on any atom is -0.389 e. The second-order valence-corrected chi connectivity index (χ2v) is 3.18. The fourth-order valence-electron chi connectivity index (χ4n) is 1.22. The van der Waals surface area contributed by atoms with Gasteiger partial charge < -0.3 is 10.2 Å². The maximum Gasteiger partial charge on any atom is 0.0938 e. The second kappa shape index (κ2) is 2.86. The van der Waals surface area contributed by atoms with Gasteiger partial charge in [0.1, 0.15) is 0 Å². The SMILES string of the molecule is CC(C)N1CC(O)C(O)C1. The molecular weight excluding hydrogens is 130 g/mol. The van der Waals surface area contributed by atoms with Gasteiger partial charge in [-0.05, 0) is 13.8 Å². The lowest BCUT2D eigenvalue weighted by atomic mass is 10.3. The first kappa shape index (κ1) is 7.98. The van der Waals surface area contributed by atoms with Crippen LogP contribution in [0.4, 0.5) is 0 Å². The summed E-state index contributed by atoms with van der Waals surface area (Å²) < 4.78 is 0. The fraction of sp³-hybridized carbons (Fsp3) is 1.00. The molecule has 1 heterocycles. The lowest BCUT2D eigenvalue weighted by molar-refractivity contribution is 0.0572. The lowest BCUT2D eigenvalue weighted by Crippen LogP contribution is -2.29. The van der Waals surface area contributed by atoms with E-state index in [9.17, 15) is 0 Å². The average Bonchev–Trinajstić information content (AvgIpc) is 2.13. The molecule has 0 aromatic heterocycles. The van der Waals surface area contributed by atoms with Crippen molar-refractivity contribution >= 4 is 0 Å². The summed E-state index contributed by atoms with van der Waals surface area (Å²) in [4.78, 5) is 2.06. The molecule has 1 saturated heterocycles. The third-order valence-corrected chi connectivity index (χ3v) is 2.02. The Kier molecular flexibility index (Phi) is 2.28. The molecule has 0 saturated carbocycles. The highest BCUT2D eigenvalue weighted by molar-refractivity contribution is 4.84. The molecule has 0 bridgehead atoms. The Morgan fingerprint density at radius 2 is 1.60 bits per heavy atom. The zero-order valence-electron chi connectivity index (χ0n) is 6.49. The van der Waals surface area contributed by atoms with Crippen LogP contribution >= 0.6 is 0 Å². The summed E-state index contributed by atoms with van der Waals surface area (Å²) >= 11 is 0. The van der Waals surface area contributed by atoms with Crippen molar-refractivity contribution in [3.05, 3.63) is 0 Å². The molecule has 60 valence electrons. The third kappa shape index (κ3) is 1.48. The van der Waals surface area contributed by atoms with E-state index in [1.807, 2.05) is 0 Å². The van der Waals surface area contributed by atoms with Gasteiger partial charge in [0.15, 0.2) is 0 Å². The summed E-state index contributed by atoms with van der Waals surface area (Å²) in [5, 5.41) is 18.3. The molecule has 0 radical (unpaired) electrons. The standard InChI is InChI=1S/C7H15NO2/c1-5(2)8-3-6(9)7(10)4-8/h5-7,9-10H,3-4H2,1-2H3. The van der Waals surface area contributed by atoms with E-state index in [0.717, 1.165) is 0 Å². The van der Waals surface area contributed by atoms with Gasteiger partial charge >= 0.3 is 0 Å². The fourth-order valence-corrected chi connectivity index (χ4v) is 1.22. The van der Waals surface area contributed by atoms with E-state index in [1.165, 1.54) is 0 Å². The second-order valence-electron chi connectivity index (χ2n) is 3.18. The molecule has 0 aromatic carbocycles. The van der Waals surface area contributed by atoms with Crippen LogP contribution < -0.4 is 0 Å². The van der Waals surface area contributed by atoms with Crippen molar-refractivity contribution in [3.63, 3.8) is 0 Å². The summed E-state index contributed by atoms with van der Waals surface area (Å²) in [5.74, 6) is 0. The smallest absolute Gasteiger partial charge is 0.0938 e. The van der Waals surface area contributed by atoms with Crippen molar-refractivity contribution in [3.8, 4) is 0 Å². The molecule has 1 fully saturated rings. The Morgan fingerprint density at radius 3 is 1.80 bits per heavy atom. The zero-order chi connectivity index (χ0) is 7.72. The van der Waals surface area contributed by atoms with Crippen molar-refractivity contribution in [2.75, 3.05) is 13.1 Å². The number of nitrogens with zero attached hydrogens (tertiary/aromatic N) is 1. The van der Waals surface area contributed by atoms with E-state index in [4.69, 9.17) is 10.2 Å². The normalized spacial score (nSPS) is 35.7. The van der Waals surface area contributed by atoms with E-state index in [1.54, 1.807) is 0 Å². The molecule has 1 aliphatic rings. The number of β-amino-alcohol motifs (C(OH)–C–C–N with tert-alkyl or cyclic N) is 2. The molecule has 10 heavy (non-hydrogen) atoms. The van der Waals surface area contributed by atoms with Gasteiger partial charge in [-0.2, -0.15) is 0 Å². The quantitative estimate of drug-likeness (QED) is 0.519. The van der Waals surface area contributed by atoms with Gasteiger partial charge in [0, 0.05) is 19.1 Å². The number of hydrogen-bond donors (Lipinski definition) is 2. The summed E-state index contributed by atoms with van der Waals surface area (Å²) in [5.41, 5.74) is 0. The largest absolute Gasteiger partial charge is 0.389 e. The van der Waals surface area contributed by atoms with E-state index < -0.39 is 12.2 Å². The summed E-state index contributed by atoms with van der Waals surface area (Å²) in [7, 11) is 0. The van der Waals surface area contributed by atoms with Gasteiger partial charge in [0.25, 0.3) is 0 Å². The first-order valence-corrected chi connectivity index (χ1v) is 3.71. The van der Waals surface area contributed by atoms with Crippen LogP contribution in [-0.2, 0) is 0 Å². The summed E-state index contributed by atoms with van der Waals surface area (Å²) in [6.45, 7) is 5.34. The molecule has 3 heteroatoms. The van der Waals surface area contributed by atoms with Crippen LogP contribution in [0.2, 0.25) is 0 Å². The van der Waals surface area contributed by atoms with Crippen LogP contribution in [0.3, 0.4) is 0 Å². The Balaban J connectivity index is 2.41. The van der Waals surface area contributed by atoms with E-state index in [0.29, 0.717) is 19.1 Å². The maximum absolute atomic E-state index is 9.13. The van der Waals surface area contributed by atoms with E-state index in [2.05, 4.69) is 18.7 Å². The number of rotatable bonds is 1. The van der Waals surface area contributed by atoms with Crippen LogP contribution in [0, 0.1) is 0 Å². The van der Waals surface area contributed by atoms with Crippen molar-refractivity contribution in [2.45, 2.75) is 32.1 Å². The van der Waals surface area contributed by atoms with Crippen molar-refractivity contribution in [1.29, 1.82) is 0 Å². The molecule has 0 aromatic rings. The predicted octanol–water partition coefficient (Wildman–Crippen LogP) is -0.568. The molecule has 1 aliphatic heterocycles. The Labute approximate surface area is 61.3 Å². The minimum atomic E-state index is -0.539. The maximum atomic E-state index is 9.13. The van der Waals surface area contributed by atoms with Gasteiger partial charge in [-0.1, -0.05) is 0 Å². The van der Waals surface area contributed by atoms with Crippen molar-refractivity contribution < 1.29 is 10.2 Å². The number of likely N-dealkylation sites (tertiary alicyclic amines) is 1. The Morgan fingerprint density at radius 1 is 1.20 bits per heavy atom. The predicted molar refractivity (Wildman–Crippen MR) is 38.7 cm³/mol. The first-order chi connectivity index (χ1) is 4.61. The molecule has 2 atom stereocenters. The average molecular weight is 145 g/mol. The molecule has 2 N–H and O–H groups in total. The van der Waals surface area contributed by atoms with Gasteiger partial charge in [-0.25, -0.2) is 0 Å². The first-order valence-electron chi connectivity index (χ1n) is 3.71. The Hall–Kier alpha value is -0.120. The summed E-state index contributed by atoms with van der Waals surface area (Å²) in [6.07, 6.45) is -1.08. The highest BCUT2D eigenvalue weighted by Gasteiger charge is 2.30. The topological polar surface area (TPSA) is 43.7 Å². The summed E-state index contributed by atoms with van der Waals surface area (Å²) in [6, 6.07) is 0.423. The molecule has 3 nitrogen and oxygen atoms in total. The van der Waals surface area contributed by atoms with Crippen LogP contribution in [0.5, 0.6) is 0 Å². The minimum absolute atomic E-state index is 0.423. The number of aliphatic hydroxyl groups is 2. The molecular formula is C7H15NO2. The van der Waals surface area contributed by atoms with Gasteiger partial charge in [0.05, 0.1) is 12.2 Å². The van der Waals surface area contributed by atoms with E-state index >= 15 is 0 Å². The van der Waals surface area contributed by atoms with Crippen LogP contribution in [0.25, 0.3) is 0 Å². The third-order valence-electron chi connectivity index (χ3n) is 2.02. The molecule has 0 amide bonds. The zero-order valence-corrected chi connectivity index (χ0v) is 6.49. The molecule has 1 rings (SSSR count). The lowest BCUT2D eigenvalue weighted by Gasteiger charge is -2.18. The Bertz CT molecular complexity index is 106. The van der Waals surface area contributed by atoms with Gasteiger partial charge in [-0.15, -0.1) is 0 Å². The van der Waals surface area contributed by atoms with E-state index in [-0.39, 0.29) is 0 Å². The number of aliphatic hydroxyl groups excluding tert-OH is 2. The molecule has 0 spiro atoms. The van der Waals surface area contributed by atoms with Crippen molar-refractivity contribution in [2.24, 2.45) is 0 Å². The monoisotopic (exact) mass is 145 g/mol. The highest BCUT2D eigenvalue weighted by atomic mass is 16.3.